The van der Waals surface area contributed by atoms with E-state index in [9.17, 15) is 13.2 Å². The third-order valence-electron chi connectivity index (χ3n) is 5.27. The number of fused-ring (bicyclic) bond motifs is 1. The predicted octanol–water partition coefficient (Wildman–Crippen LogP) is 5.36. The number of benzene rings is 2. The van der Waals surface area contributed by atoms with E-state index in [4.69, 9.17) is 17.3 Å². The molecule has 0 aliphatic carbocycles. The number of nitrogens with one attached hydrogen (secondary N) is 1. The smallest absolute Gasteiger partial charge is 0.175 e. The summed E-state index contributed by atoms with van der Waals surface area (Å²) in [6, 6.07) is 16.1. The number of carbonyl (C=O) groups excluding carboxylic acids is 1. The van der Waals surface area contributed by atoms with Gasteiger partial charge in [0.25, 0.3) is 0 Å². The molecular formula is C24H22ClN3O3S2. The summed E-state index contributed by atoms with van der Waals surface area (Å²) in [4.78, 5) is 18.6. The zero-order valence-electron chi connectivity index (χ0n) is 17.8. The molecule has 33 heavy (non-hydrogen) atoms. The van der Waals surface area contributed by atoms with E-state index in [1.165, 1.54) is 17.6 Å². The van der Waals surface area contributed by atoms with Crippen LogP contribution in [0.3, 0.4) is 0 Å². The molecule has 2 aromatic carbocycles. The number of carbonyl (C=O) groups is 1. The summed E-state index contributed by atoms with van der Waals surface area (Å²) in [6.07, 6.45) is 3.85. The number of Topliss-reactive ketones (excluding diaryl/α,β-unsaturated/α-hetero) is 1. The van der Waals surface area contributed by atoms with Crippen molar-refractivity contribution in [2.45, 2.75) is 24.3 Å². The Balaban J connectivity index is 1.38. The Morgan fingerprint density at radius 3 is 2.61 bits per heavy atom. The van der Waals surface area contributed by atoms with Crippen LogP contribution in [0.2, 0.25) is 5.02 Å². The molecule has 2 aromatic heterocycles. The minimum atomic E-state index is -3.23. The lowest BCUT2D eigenvalue weighted by atomic mass is 10.0. The first kappa shape index (κ1) is 23.2. The van der Waals surface area contributed by atoms with E-state index in [2.05, 4.69) is 10.3 Å². The maximum Gasteiger partial charge on any atom is 0.175 e. The number of ketones is 1. The third-order valence-corrected chi connectivity index (χ3v) is 8.02. The Morgan fingerprint density at radius 2 is 1.88 bits per heavy atom. The number of hydrogen-bond acceptors (Lipinski definition) is 7. The summed E-state index contributed by atoms with van der Waals surface area (Å²) in [7, 11) is -3.23. The fourth-order valence-corrected chi connectivity index (χ4v) is 5.40. The highest BCUT2D eigenvalue weighted by atomic mass is 35.5. The van der Waals surface area contributed by atoms with Crippen LogP contribution < -0.4 is 11.1 Å². The number of aromatic nitrogens is 1. The first-order valence-electron chi connectivity index (χ1n) is 10.2. The van der Waals surface area contributed by atoms with E-state index >= 15 is 0 Å². The lowest BCUT2D eigenvalue weighted by Crippen LogP contribution is -2.00. The molecule has 3 N–H and O–H groups in total. The van der Waals surface area contributed by atoms with Crippen molar-refractivity contribution in [1.82, 2.24) is 4.98 Å². The fourth-order valence-electron chi connectivity index (χ4n) is 3.45. The number of pyridine rings is 1. The van der Waals surface area contributed by atoms with Crippen LogP contribution in [0.5, 0.6) is 0 Å². The Morgan fingerprint density at radius 1 is 1.12 bits per heavy atom. The maximum atomic E-state index is 12.8. The van der Waals surface area contributed by atoms with Crippen LogP contribution >= 0.6 is 22.9 Å². The highest BCUT2D eigenvalue weighted by Crippen LogP contribution is 2.29. The number of thiophene rings is 1. The predicted molar refractivity (Wildman–Crippen MR) is 135 cm³/mol. The van der Waals surface area contributed by atoms with Crippen molar-refractivity contribution in [3.05, 3.63) is 81.1 Å². The molecule has 6 nitrogen and oxygen atoms in total. The Labute approximate surface area is 201 Å². The average molecular weight is 500 g/mol. The van der Waals surface area contributed by atoms with Crippen molar-refractivity contribution in [2.24, 2.45) is 0 Å². The van der Waals surface area contributed by atoms with Crippen LogP contribution in [-0.4, -0.2) is 25.4 Å². The van der Waals surface area contributed by atoms with Gasteiger partial charge in [-0.15, -0.1) is 11.3 Å². The number of halogens is 1. The number of aryl methyl sites for hydroxylation is 1. The van der Waals surface area contributed by atoms with Crippen molar-refractivity contribution >= 4 is 60.8 Å². The number of rotatable bonds is 8. The highest BCUT2D eigenvalue weighted by Gasteiger charge is 2.14. The topological polar surface area (TPSA) is 102 Å². The van der Waals surface area contributed by atoms with Gasteiger partial charge in [0, 0.05) is 34.8 Å². The molecule has 2 heterocycles. The van der Waals surface area contributed by atoms with Gasteiger partial charge in [-0.2, -0.15) is 0 Å². The first-order valence-corrected chi connectivity index (χ1v) is 13.3. The minimum absolute atomic E-state index is 0.0417. The molecule has 0 saturated heterocycles. The highest BCUT2D eigenvalue weighted by molar-refractivity contribution is 7.90. The molecule has 0 spiro atoms. The first-order chi connectivity index (χ1) is 15.7. The molecule has 4 aromatic rings. The molecule has 9 heteroatoms. The number of sulfone groups is 1. The zero-order chi connectivity index (χ0) is 23.6. The second kappa shape index (κ2) is 9.51. The summed E-state index contributed by atoms with van der Waals surface area (Å²) in [5.41, 5.74) is 7.73. The van der Waals surface area contributed by atoms with Crippen LogP contribution in [0.4, 0.5) is 11.5 Å². The van der Waals surface area contributed by atoms with E-state index < -0.39 is 9.84 Å². The number of hydrogen-bond donors (Lipinski definition) is 2. The van der Waals surface area contributed by atoms with Gasteiger partial charge in [-0.05, 0) is 53.8 Å². The fraction of sp³-hybridized carbons (Fsp3) is 0.167. The molecule has 0 aliphatic rings. The van der Waals surface area contributed by atoms with Crippen LogP contribution in [0.25, 0.3) is 10.8 Å². The third kappa shape index (κ3) is 5.52. The minimum Gasteiger partial charge on any atom is -0.383 e. The largest absolute Gasteiger partial charge is 0.383 e. The Hall–Kier alpha value is -2.94. The number of anilines is 2. The molecular weight excluding hydrogens is 478 g/mol. The number of nitrogen functional groups attached to an aromatic ring is 1. The average Bonchev–Trinajstić information content (AvgIpc) is 3.16. The maximum absolute atomic E-state index is 12.8. The van der Waals surface area contributed by atoms with Gasteiger partial charge in [-0.3, -0.25) is 4.79 Å². The van der Waals surface area contributed by atoms with E-state index in [1.807, 2.05) is 24.3 Å². The molecule has 0 bridgehead atoms. The van der Waals surface area contributed by atoms with Gasteiger partial charge in [-0.25, -0.2) is 13.4 Å². The molecule has 0 amide bonds. The van der Waals surface area contributed by atoms with E-state index in [-0.39, 0.29) is 10.7 Å². The van der Waals surface area contributed by atoms with Crippen molar-refractivity contribution < 1.29 is 13.2 Å². The second-order valence-corrected chi connectivity index (χ2v) is 11.3. The SMILES string of the molecule is CS(=O)(=O)c1ccc(NCc2sc(C(=O)CCc3ccc4c(N)nccc4c3)cc2Cl)cc1. The monoisotopic (exact) mass is 499 g/mol. The quantitative estimate of drug-likeness (QED) is 0.316. The van der Waals surface area contributed by atoms with Crippen molar-refractivity contribution in [3.63, 3.8) is 0 Å². The van der Waals surface area contributed by atoms with Crippen molar-refractivity contribution in [1.29, 1.82) is 0 Å². The Bertz CT molecular complexity index is 1430. The van der Waals surface area contributed by atoms with Gasteiger partial charge in [0.15, 0.2) is 15.6 Å². The molecule has 0 atom stereocenters. The van der Waals surface area contributed by atoms with E-state index in [0.717, 1.165) is 26.9 Å². The molecule has 0 radical (unpaired) electrons. The van der Waals surface area contributed by atoms with E-state index in [0.29, 0.717) is 35.1 Å². The van der Waals surface area contributed by atoms with Crippen molar-refractivity contribution in [2.75, 3.05) is 17.3 Å². The van der Waals surface area contributed by atoms with Gasteiger partial charge in [-0.1, -0.05) is 29.8 Å². The van der Waals surface area contributed by atoms with Crippen LogP contribution in [0, 0.1) is 0 Å². The van der Waals surface area contributed by atoms with Crippen molar-refractivity contribution in [3.8, 4) is 0 Å². The Kier molecular flexibility index (Phi) is 6.69. The molecule has 0 aliphatic heterocycles. The van der Waals surface area contributed by atoms with Gasteiger partial charge in [0.05, 0.1) is 21.3 Å². The van der Waals surface area contributed by atoms with Gasteiger partial charge >= 0.3 is 0 Å². The number of nitrogens with two attached hydrogens (primary N) is 1. The standard InChI is InChI=1S/C24H22ClN3O3S2/c1-33(30,31)18-6-4-17(5-7-18)28-14-23-20(25)13-22(32-23)21(29)9-3-15-2-8-19-16(12-15)10-11-27-24(19)26/h2,4-8,10-13,28H,3,9,14H2,1H3,(H2,26,27). The summed E-state index contributed by atoms with van der Waals surface area (Å²) in [5, 5.41) is 5.66. The summed E-state index contributed by atoms with van der Waals surface area (Å²) in [6.45, 7) is 0.440. The van der Waals surface area contributed by atoms with Crippen LogP contribution in [0.1, 0.15) is 26.5 Å². The molecule has 0 unspecified atom stereocenters. The van der Waals surface area contributed by atoms with Crippen LogP contribution in [0.15, 0.2) is 65.7 Å². The molecule has 4 rings (SSSR count). The zero-order valence-corrected chi connectivity index (χ0v) is 20.2. The lowest BCUT2D eigenvalue weighted by Gasteiger charge is -2.06. The van der Waals surface area contributed by atoms with Gasteiger partial charge in [0.2, 0.25) is 0 Å². The summed E-state index contributed by atoms with van der Waals surface area (Å²) < 4.78 is 23.1. The molecule has 170 valence electrons. The molecule has 0 fully saturated rings. The number of nitrogens with zero attached hydrogens (tertiary/aromatic N) is 1. The lowest BCUT2D eigenvalue weighted by molar-refractivity contribution is 0.0986. The normalized spacial score (nSPS) is 11.6. The molecule has 0 saturated carbocycles. The summed E-state index contributed by atoms with van der Waals surface area (Å²) in [5.74, 6) is 0.538. The summed E-state index contributed by atoms with van der Waals surface area (Å²) >= 11 is 7.73. The van der Waals surface area contributed by atoms with E-state index in [1.54, 1.807) is 36.5 Å². The van der Waals surface area contributed by atoms with Gasteiger partial charge in [0.1, 0.15) is 5.82 Å². The van der Waals surface area contributed by atoms with Crippen LogP contribution in [-0.2, 0) is 22.8 Å². The second-order valence-electron chi connectivity index (χ2n) is 7.71. The van der Waals surface area contributed by atoms with Gasteiger partial charge < -0.3 is 11.1 Å².